The first-order chi connectivity index (χ1) is 9.27. The highest BCUT2D eigenvalue weighted by molar-refractivity contribution is 9.09. The van der Waals surface area contributed by atoms with Gasteiger partial charge in [-0.1, -0.05) is 57.5 Å². The first kappa shape index (κ1) is 15.4. The van der Waals surface area contributed by atoms with Gasteiger partial charge in [-0.15, -0.1) is 0 Å². The van der Waals surface area contributed by atoms with Crippen LogP contribution in [0.3, 0.4) is 0 Å². The molecule has 0 aliphatic carbocycles. The van der Waals surface area contributed by atoms with Crippen LogP contribution in [0.15, 0.2) is 47.6 Å². The number of hydrogen-bond donors (Lipinski definition) is 0. The molecular formula is C14H16BrNO3. The smallest absolute Gasteiger partial charge is 0.360 e. The number of ether oxygens (including phenoxy) is 1. The SMILES string of the molecule is CCOC(=O)C(/C=C/CBr)=N/OCc1ccccc1. The molecule has 0 radical (unpaired) electrons. The van der Waals surface area contributed by atoms with Crippen molar-refractivity contribution in [3.63, 3.8) is 0 Å². The predicted octanol–water partition coefficient (Wildman–Crippen LogP) is 3.07. The van der Waals surface area contributed by atoms with Gasteiger partial charge in [0.1, 0.15) is 6.61 Å². The monoisotopic (exact) mass is 325 g/mol. The zero-order chi connectivity index (χ0) is 13.9. The van der Waals surface area contributed by atoms with E-state index in [4.69, 9.17) is 9.57 Å². The molecule has 0 heterocycles. The van der Waals surface area contributed by atoms with Gasteiger partial charge in [-0.2, -0.15) is 0 Å². The molecular weight excluding hydrogens is 310 g/mol. The Balaban J connectivity index is 2.61. The molecule has 1 aromatic rings. The third-order valence-electron chi connectivity index (χ3n) is 2.09. The lowest BCUT2D eigenvalue weighted by Gasteiger charge is -2.03. The highest BCUT2D eigenvalue weighted by Crippen LogP contribution is 2.01. The Morgan fingerprint density at radius 3 is 2.74 bits per heavy atom. The lowest BCUT2D eigenvalue weighted by Crippen LogP contribution is -2.16. The zero-order valence-corrected chi connectivity index (χ0v) is 12.3. The number of esters is 1. The molecule has 0 saturated carbocycles. The number of nitrogens with zero attached hydrogens (tertiary/aromatic N) is 1. The fourth-order valence-corrected chi connectivity index (χ4v) is 1.43. The van der Waals surface area contributed by atoms with E-state index in [0.717, 1.165) is 5.56 Å². The molecule has 102 valence electrons. The summed E-state index contributed by atoms with van der Waals surface area (Å²) < 4.78 is 4.89. The highest BCUT2D eigenvalue weighted by atomic mass is 79.9. The largest absolute Gasteiger partial charge is 0.461 e. The van der Waals surface area contributed by atoms with E-state index in [1.807, 2.05) is 30.3 Å². The van der Waals surface area contributed by atoms with Crippen molar-refractivity contribution >= 4 is 27.6 Å². The minimum Gasteiger partial charge on any atom is -0.461 e. The molecule has 0 fully saturated rings. The zero-order valence-electron chi connectivity index (χ0n) is 10.7. The molecule has 0 saturated heterocycles. The highest BCUT2D eigenvalue weighted by Gasteiger charge is 2.09. The van der Waals surface area contributed by atoms with E-state index in [9.17, 15) is 4.79 Å². The number of benzene rings is 1. The van der Waals surface area contributed by atoms with Crippen LogP contribution in [0.4, 0.5) is 0 Å². The van der Waals surface area contributed by atoms with Gasteiger partial charge in [-0.05, 0) is 18.6 Å². The minimum atomic E-state index is -0.493. The first-order valence-electron chi connectivity index (χ1n) is 5.91. The van der Waals surface area contributed by atoms with Crippen molar-refractivity contribution in [1.29, 1.82) is 0 Å². The van der Waals surface area contributed by atoms with Gasteiger partial charge >= 0.3 is 5.97 Å². The normalized spacial score (nSPS) is 11.6. The van der Waals surface area contributed by atoms with Gasteiger partial charge in [0.2, 0.25) is 0 Å². The topological polar surface area (TPSA) is 47.9 Å². The lowest BCUT2D eigenvalue weighted by molar-refractivity contribution is -0.135. The van der Waals surface area contributed by atoms with Crippen LogP contribution in [0.5, 0.6) is 0 Å². The van der Waals surface area contributed by atoms with Gasteiger partial charge in [0.25, 0.3) is 0 Å². The number of allylic oxidation sites excluding steroid dienone is 1. The van der Waals surface area contributed by atoms with Gasteiger partial charge < -0.3 is 9.57 Å². The Bertz CT molecular complexity index is 443. The molecule has 0 aliphatic rings. The first-order valence-corrected chi connectivity index (χ1v) is 7.03. The van der Waals surface area contributed by atoms with Crippen LogP contribution >= 0.6 is 15.9 Å². The molecule has 0 unspecified atom stereocenters. The van der Waals surface area contributed by atoms with Gasteiger partial charge in [0.15, 0.2) is 5.71 Å². The standard InChI is InChI=1S/C14H16BrNO3/c1-2-18-14(17)13(9-6-10-15)16-19-11-12-7-4-3-5-8-12/h3-9H,2,10-11H2,1H3/b9-6+,16-13+. The van der Waals surface area contributed by atoms with Crippen molar-refractivity contribution in [2.45, 2.75) is 13.5 Å². The van der Waals surface area contributed by atoms with Crippen molar-refractivity contribution in [3.05, 3.63) is 48.0 Å². The number of halogens is 1. The molecule has 0 N–H and O–H groups in total. The summed E-state index contributed by atoms with van der Waals surface area (Å²) in [6.45, 7) is 2.36. The molecule has 1 rings (SSSR count). The van der Waals surface area contributed by atoms with E-state index in [1.54, 1.807) is 19.1 Å². The van der Waals surface area contributed by atoms with E-state index < -0.39 is 5.97 Å². The van der Waals surface area contributed by atoms with Crippen molar-refractivity contribution in [1.82, 2.24) is 0 Å². The van der Waals surface area contributed by atoms with E-state index >= 15 is 0 Å². The molecule has 0 aliphatic heterocycles. The van der Waals surface area contributed by atoms with Crippen LogP contribution in [-0.2, 0) is 21.0 Å². The maximum Gasteiger partial charge on any atom is 0.360 e. The van der Waals surface area contributed by atoms with Crippen LogP contribution < -0.4 is 0 Å². The summed E-state index contributed by atoms with van der Waals surface area (Å²) in [5.41, 5.74) is 1.14. The average molecular weight is 326 g/mol. The third-order valence-corrected chi connectivity index (χ3v) is 2.46. The summed E-state index contributed by atoms with van der Waals surface area (Å²) in [6.07, 6.45) is 3.32. The second kappa shape index (κ2) is 9.33. The van der Waals surface area contributed by atoms with E-state index in [-0.39, 0.29) is 5.71 Å². The molecule has 0 bridgehead atoms. The lowest BCUT2D eigenvalue weighted by atomic mass is 10.2. The summed E-state index contributed by atoms with van der Waals surface area (Å²) >= 11 is 3.24. The molecule has 0 amide bonds. The van der Waals surface area contributed by atoms with Gasteiger partial charge in [0.05, 0.1) is 6.61 Å². The van der Waals surface area contributed by atoms with Gasteiger partial charge in [-0.3, -0.25) is 0 Å². The predicted molar refractivity (Wildman–Crippen MR) is 78.2 cm³/mol. The van der Waals surface area contributed by atoms with Gasteiger partial charge in [-0.25, -0.2) is 4.79 Å². The fourth-order valence-electron chi connectivity index (χ4n) is 1.25. The van der Waals surface area contributed by atoms with Crippen LogP contribution in [-0.4, -0.2) is 23.6 Å². The number of carbonyl (C=O) groups excluding carboxylic acids is 1. The fraction of sp³-hybridized carbons (Fsp3) is 0.286. The number of alkyl halides is 1. The molecule has 19 heavy (non-hydrogen) atoms. The Hall–Kier alpha value is -1.62. The summed E-state index contributed by atoms with van der Waals surface area (Å²) in [5, 5.41) is 4.44. The summed E-state index contributed by atoms with van der Waals surface area (Å²) in [5.74, 6) is -0.493. The van der Waals surface area contributed by atoms with Gasteiger partial charge in [0, 0.05) is 5.33 Å². The van der Waals surface area contributed by atoms with Crippen molar-refractivity contribution in [3.8, 4) is 0 Å². The third kappa shape index (κ3) is 6.20. The molecule has 5 heteroatoms. The Kier molecular flexibility index (Phi) is 7.58. The molecule has 0 atom stereocenters. The molecule has 0 spiro atoms. The maximum atomic E-state index is 11.6. The molecule has 0 aromatic heterocycles. The van der Waals surface area contributed by atoms with E-state index in [0.29, 0.717) is 18.5 Å². The molecule has 1 aromatic carbocycles. The van der Waals surface area contributed by atoms with Crippen LogP contribution in [0.1, 0.15) is 12.5 Å². The number of oxime groups is 1. The average Bonchev–Trinajstić information content (AvgIpc) is 2.44. The summed E-state index contributed by atoms with van der Waals surface area (Å²) in [6, 6.07) is 9.61. The Morgan fingerprint density at radius 1 is 1.37 bits per heavy atom. The summed E-state index contributed by atoms with van der Waals surface area (Å²) in [4.78, 5) is 16.8. The Labute approximate surface area is 121 Å². The van der Waals surface area contributed by atoms with E-state index in [2.05, 4.69) is 21.1 Å². The van der Waals surface area contributed by atoms with Crippen molar-refractivity contribution in [2.24, 2.45) is 5.16 Å². The van der Waals surface area contributed by atoms with Crippen molar-refractivity contribution in [2.75, 3.05) is 11.9 Å². The number of carbonyl (C=O) groups is 1. The second-order valence-corrected chi connectivity index (χ2v) is 4.16. The summed E-state index contributed by atoms with van der Waals surface area (Å²) in [7, 11) is 0. The van der Waals surface area contributed by atoms with Crippen molar-refractivity contribution < 1.29 is 14.4 Å². The van der Waals surface area contributed by atoms with Crippen LogP contribution in [0.2, 0.25) is 0 Å². The number of hydrogen-bond acceptors (Lipinski definition) is 4. The maximum absolute atomic E-state index is 11.6. The molecule has 4 nitrogen and oxygen atoms in total. The van der Waals surface area contributed by atoms with E-state index in [1.165, 1.54) is 0 Å². The van der Waals surface area contributed by atoms with Crippen LogP contribution in [0, 0.1) is 0 Å². The minimum absolute atomic E-state index is 0.150. The second-order valence-electron chi connectivity index (χ2n) is 3.51. The number of rotatable bonds is 7. The quantitative estimate of drug-likeness (QED) is 0.335. The van der Waals surface area contributed by atoms with Crippen LogP contribution in [0.25, 0.3) is 0 Å². The Morgan fingerprint density at radius 2 is 2.11 bits per heavy atom.